The first-order valence-electron chi connectivity index (χ1n) is 7.82. The van der Waals surface area contributed by atoms with Crippen LogP contribution in [0.1, 0.15) is 6.92 Å². The van der Waals surface area contributed by atoms with E-state index in [4.69, 9.17) is 4.55 Å². The summed E-state index contributed by atoms with van der Waals surface area (Å²) in [7, 11) is -4.37. The molecule has 0 bridgehead atoms. The molecule has 0 heterocycles. The second-order valence-corrected chi connectivity index (χ2v) is 6.95. The minimum Gasteiger partial charge on any atom is -0.360 e. The molecule has 0 aliphatic rings. The molecule has 0 saturated heterocycles. The Kier molecular flexibility index (Phi) is 6.49. The van der Waals surface area contributed by atoms with Gasteiger partial charge in [-0.3, -0.25) is 14.1 Å². The number of hydrogen-bond donors (Lipinski definition) is 4. The summed E-state index contributed by atoms with van der Waals surface area (Å²) in [6.07, 6.45) is 1.12. The summed E-state index contributed by atoms with van der Waals surface area (Å²) in [5, 5.41) is 16.9. The molecule has 0 aliphatic heterocycles. The van der Waals surface area contributed by atoms with E-state index in [1.165, 1.54) is 25.1 Å². The molecule has 10 heteroatoms. The molecule has 9 nitrogen and oxygen atoms in total. The number of carbonyl (C=O) groups excluding carboxylic acids is 2. The molecule has 4 N–H and O–H groups in total. The summed E-state index contributed by atoms with van der Waals surface area (Å²) in [6.45, 7) is 1.37. The second kappa shape index (κ2) is 8.81. The Labute approximate surface area is 161 Å². The molecule has 2 aromatic rings. The standard InChI is InChI=1S/C18H16N4O5S/c1-12(23)21-14-5-7-15(8-6-14)22-18(24)13(10-19)11-20-16-3-2-4-17(9-16)28(25,26)27/h2-9,11,20H,1H3,(H,21,23)(H,22,24)(H,25,26,27)/b13-11-. The van der Waals surface area contributed by atoms with Crippen molar-refractivity contribution >= 4 is 39.0 Å². The highest BCUT2D eigenvalue weighted by atomic mass is 32.2. The first-order chi connectivity index (χ1) is 13.2. The molecular formula is C18H16N4O5S. The largest absolute Gasteiger partial charge is 0.360 e. The SMILES string of the molecule is CC(=O)Nc1ccc(NC(=O)/C(C#N)=C\Nc2cccc(S(=O)(=O)O)c2)cc1. The predicted molar refractivity (Wildman–Crippen MR) is 103 cm³/mol. The van der Waals surface area contributed by atoms with Crippen LogP contribution in [0, 0.1) is 11.3 Å². The molecule has 0 unspecified atom stereocenters. The zero-order valence-electron chi connectivity index (χ0n) is 14.6. The fourth-order valence-electron chi connectivity index (χ4n) is 2.09. The van der Waals surface area contributed by atoms with Crippen molar-refractivity contribution in [3.63, 3.8) is 0 Å². The van der Waals surface area contributed by atoms with Gasteiger partial charge in [-0.25, -0.2) is 0 Å². The molecule has 2 rings (SSSR count). The maximum Gasteiger partial charge on any atom is 0.294 e. The number of nitriles is 1. The van der Waals surface area contributed by atoms with Gasteiger partial charge in [0.2, 0.25) is 5.91 Å². The summed E-state index contributed by atoms with van der Waals surface area (Å²) < 4.78 is 31.3. The molecule has 0 saturated carbocycles. The van der Waals surface area contributed by atoms with Crippen molar-refractivity contribution in [2.45, 2.75) is 11.8 Å². The van der Waals surface area contributed by atoms with Crippen molar-refractivity contribution in [2.75, 3.05) is 16.0 Å². The molecule has 144 valence electrons. The van der Waals surface area contributed by atoms with E-state index in [-0.39, 0.29) is 22.1 Å². The van der Waals surface area contributed by atoms with Gasteiger partial charge in [0.15, 0.2) is 0 Å². The van der Waals surface area contributed by atoms with E-state index in [0.29, 0.717) is 11.4 Å². The van der Waals surface area contributed by atoms with E-state index in [1.54, 1.807) is 30.3 Å². The Hall–Kier alpha value is -3.68. The van der Waals surface area contributed by atoms with E-state index < -0.39 is 16.0 Å². The first-order valence-corrected chi connectivity index (χ1v) is 9.26. The van der Waals surface area contributed by atoms with Crippen LogP contribution in [-0.4, -0.2) is 24.8 Å². The Morgan fingerprint density at radius 3 is 2.18 bits per heavy atom. The fraction of sp³-hybridized carbons (Fsp3) is 0.0556. The average molecular weight is 400 g/mol. The zero-order valence-corrected chi connectivity index (χ0v) is 15.4. The third kappa shape index (κ3) is 5.94. The summed E-state index contributed by atoms with van der Waals surface area (Å²) >= 11 is 0. The normalized spacial score (nSPS) is 11.2. The van der Waals surface area contributed by atoms with Crippen LogP contribution in [0.3, 0.4) is 0 Å². The van der Waals surface area contributed by atoms with E-state index in [1.807, 2.05) is 0 Å². The van der Waals surface area contributed by atoms with Crippen LogP contribution in [-0.2, 0) is 19.7 Å². The van der Waals surface area contributed by atoms with Crippen LogP contribution in [0.4, 0.5) is 17.1 Å². The van der Waals surface area contributed by atoms with Crippen molar-refractivity contribution in [1.82, 2.24) is 0 Å². The van der Waals surface area contributed by atoms with Crippen LogP contribution in [0.15, 0.2) is 65.2 Å². The Morgan fingerprint density at radius 2 is 1.64 bits per heavy atom. The first kappa shape index (κ1) is 20.6. The molecule has 2 amide bonds. The third-order valence-corrected chi connectivity index (χ3v) is 4.19. The highest BCUT2D eigenvalue weighted by Gasteiger charge is 2.11. The average Bonchev–Trinajstić information content (AvgIpc) is 2.63. The smallest absolute Gasteiger partial charge is 0.294 e. The van der Waals surface area contributed by atoms with Gasteiger partial charge in [0.1, 0.15) is 11.6 Å². The Morgan fingerprint density at radius 1 is 1.04 bits per heavy atom. The van der Waals surface area contributed by atoms with E-state index in [0.717, 1.165) is 12.3 Å². The van der Waals surface area contributed by atoms with Crippen molar-refractivity contribution in [3.8, 4) is 6.07 Å². The molecule has 0 aromatic heterocycles. The van der Waals surface area contributed by atoms with Gasteiger partial charge in [-0.1, -0.05) is 6.07 Å². The van der Waals surface area contributed by atoms with Crippen molar-refractivity contribution in [1.29, 1.82) is 5.26 Å². The summed E-state index contributed by atoms with van der Waals surface area (Å²) in [4.78, 5) is 22.9. The predicted octanol–water partition coefficient (Wildman–Crippen LogP) is 2.35. The van der Waals surface area contributed by atoms with E-state index in [2.05, 4.69) is 16.0 Å². The minimum atomic E-state index is -4.37. The molecule has 0 spiro atoms. The number of amides is 2. The number of nitrogens with one attached hydrogen (secondary N) is 3. The highest BCUT2D eigenvalue weighted by Crippen LogP contribution is 2.16. The Balaban J connectivity index is 2.09. The van der Waals surface area contributed by atoms with E-state index >= 15 is 0 Å². The second-order valence-electron chi connectivity index (χ2n) is 5.53. The topological polar surface area (TPSA) is 148 Å². The molecule has 0 atom stereocenters. The number of hydrogen-bond acceptors (Lipinski definition) is 6. The molecule has 2 aromatic carbocycles. The van der Waals surface area contributed by atoms with Crippen molar-refractivity contribution < 1.29 is 22.6 Å². The van der Waals surface area contributed by atoms with Gasteiger partial charge in [0.25, 0.3) is 16.0 Å². The molecular weight excluding hydrogens is 384 g/mol. The maximum absolute atomic E-state index is 12.2. The summed E-state index contributed by atoms with van der Waals surface area (Å²) in [5.74, 6) is -0.913. The monoisotopic (exact) mass is 400 g/mol. The molecule has 0 fully saturated rings. The summed E-state index contributed by atoms with van der Waals surface area (Å²) in [6, 6.07) is 13.3. The lowest BCUT2D eigenvalue weighted by atomic mass is 10.2. The number of benzene rings is 2. The number of carbonyl (C=O) groups is 2. The zero-order chi connectivity index (χ0) is 20.7. The molecule has 0 radical (unpaired) electrons. The third-order valence-electron chi connectivity index (χ3n) is 3.34. The van der Waals surface area contributed by atoms with Crippen LogP contribution in [0.5, 0.6) is 0 Å². The van der Waals surface area contributed by atoms with Gasteiger partial charge in [-0.2, -0.15) is 13.7 Å². The number of rotatable bonds is 6. The van der Waals surface area contributed by atoms with Crippen LogP contribution >= 0.6 is 0 Å². The van der Waals surface area contributed by atoms with E-state index in [9.17, 15) is 23.3 Å². The van der Waals surface area contributed by atoms with Gasteiger partial charge in [-0.15, -0.1) is 0 Å². The molecule has 28 heavy (non-hydrogen) atoms. The quantitative estimate of drug-likeness (QED) is 0.330. The van der Waals surface area contributed by atoms with Crippen LogP contribution < -0.4 is 16.0 Å². The fourth-order valence-corrected chi connectivity index (χ4v) is 2.62. The maximum atomic E-state index is 12.2. The van der Waals surface area contributed by atoms with Crippen LogP contribution in [0.2, 0.25) is 0 Å². The van der Waals surface area contributed by atoms with Gasteiger partial charge >= 0.3 is 0 Å². The number of anilines is 3. The lowest BCUT2D eigenvalue weighted by Gasteiger charge is -2.07. The minimum absolute atomic E-state index is 0.226. The number of nitrogens with zero attached hydrogens (tertiary/aromatic N) is 1. The lowest BCUT2D eigenvalue weighted by Crippen LogP contribution is -2.14. The summed E-state index contributed by atoms with van der Waals surface area (Å²) in [5.41, 5.74) is 0.967. The van der Waals surface area contributed by atoms with Crippen molar-refractivity contribution in [2.24, 2.45) is 0 Å². The molecule has 0 aliphatic carbocycles. The Bertz CT molecular complexity index is 1070. The van der Waals surface area contributed by atoms with Crippen molar-refractivity contribution in [3.05, 3.63) is 60.3 Å². The van der Waals surface area contributed by atoms with Gasteiger partial charge < -0.3 is 16.0 Å². The van der Waals surface area contributed by atoms with Gasteiger partial charge in [0, 0.05) is 30.2 Å². The van der Waals surface area contributed by atoms with Gasteiger partial charge in [-0.05, 0) is 42.5 Å². The van der Waals surface area contributed by atoms with Crippen LogP contribution in [0.25, 0.3) is 0 Å². The lowest BCUT2D eigenvalue weighted by molar-refractivity contribution is -0.114. The highest BCUT2D eigenvalue weighted by molar-refractivity contribution is 7.85. The van der Waals surface area contributed by atoms with Gasteiger partial charge in [0.05, 0.1) is 4.90 Å².